The maximum absolute atomic E-state index is 12.5. The van der Waals surface area contributed by atoms with Crippen LogP contribution in [0, 0.1) is 20.8 Å². The van der Waals surface area contributed by atoms with Gasteiger partial charge < -0.3 is 10.1 Å². The van der Waals surface area contributed by atoms with Gasteiger partial charge in [-0.1, -0.05) is 30.5 Å². The first kappa shape index (κ1) is 17.5. The maximum atomic E-state index is 12.5. The Hall–Kier alpha value is -2.37. The second-order valence-electron chi connectivity index (χ2n) is 7.13. The van der Waals surface area contributed by atoms with Gasteiger partial charge in [-0.3, -0.25) is 14.5 Å². The Balaban J connectivity index is 1.61. The van der Waals surface area contributed by atoms with Crippen molar-refractivity contribution in [3.8, 4) is 5.75 Å². The van der Waals surface area contributed by atoms with E-state index in [4.69, 9.17) is 4.74 Å². The van der Waals surface area contributed by atoms with Crippen LogP contribution in [-0.4, -0.2) is 34.9 Å². The summed E-state index contributed by atoms with van der Waals surface area (Å²) in [6.07, 6.45) is 3.23. The predicted octanol–water partition coefficient (Wildman–Crippen LogP) is 2.77. The van der Waals surface area contributed by atoms with Gasteiger partial charge in [0.15, 0.2) is 0 Å². The van der Waals surface area contributed by atoms with E-state index in [1.807, 2.05) is 32.9 Å². The Kier molecular flexibility index (Phi) is 4.54. The summed E-state index contributed by atoms with van der Waals surface area (Å²) in [5.74, 6) is -0.0893. The highest BCUT2D eigenvalue weighted by molar-refractivity contribution is 6.07. The summed E-state index contributed by atoms with van der Waals surface area (Å²) in [5, 5.41) is 2.81. The smallest absolute Gasteiger partial charge is 0.325 e. The summed E-state index contributed by atoms with van der Waals surface area (Å²) in [4.78, 5) is 38.0. The molecule has 1 aromatic carbocycles. The van der Waals surface area contributed by atoms with Crippen LogP contribution in [0.2, 0.25) is 0 Å². The van der Waals surface area contributed by atoms with E-state index in [2.05, 4.69) is 5.32 Å². The second kappa shape index (κ2) is 6.50. The molecule has 0 radical (unpaired) electrons. The van der Waals surface area contributed by atoms with Crippen LogP contribution in [0.5, 0.6) is 5.75 Å². The normalized spacial score (nSPS) is 18.8. The minimum atomic E-state index is -0.731. The molecule has 2 aliphatic rings. The van der Waals surface area contributed by atoms with E-state index < -0.39 is 17.5 Å². The molecule has 0 aromatic heterocycles. The number of imide groups is 1. The minimum absolute atomic E-state index is 0.0119. The third-order valence-electron chi connectivity index (χ3n) is 5.06. The molecule has 1 N–H and O–H groups in total. The molecule has 1 aromatic rings. The molecule has 1 saturated carbocycles. The minimum Gasteiger partial charge on any atom is -0.426 e. The molecule has 6 heteroatoms. The first-order valence-electron chi connectivity index (χ1n) is 8.75. The van der Waals surface area contributed by atoms with Crippen molar-refractivity contribution in [2.75, 3.05) is 6.54 Å². The number of carbonyl (C=O) groups is 3. The van der Waals surface area contributed by atoms with E-state index in [1.54, 1.807) is 0 Å². The number of ether oxygens (including phenoxy) is 1. The number of urea groups is 1. The van der Waals surface area contributed by atoms with E-state index >= 15 is 0 Å². The molecule has 1 spiro atoms. The highest BCUT2D eigenvalue weighted by atomic mass is 16.5. The Labute approximate surface area is 147 Å². The molecule has 0 unspecified atom stereocenters. The van der Waals surface area contributed by atoms with E-state index in [0.717, 1.165) is 34.4 Å². The van der Waals surface area contributed by atoms with Crippen LogP contribution in [0.1, 0.15) is 48.8 Å². The Morgan fingerprint density at radius 3 is 2.36 bits per heavy atom. The van der Waals surface area contributed by atoms with Gasteiger partial charge >= 0.3 is 12.0 Å². The Bertz CT molecular complexity index is 712. The molecule has 2 fully saturated rings. The van der Waals surface area contributed by atoms with Crippen LogP contribution < -0.4 is 10.1 Å². The third kappa shape index (κ3) is 3.25. The summed E-state index contributed by atoms with van der Waals surface area (Å²) in [6.45, 7) is 5.82. The van der Waals surface area contributed by atoms with Gasteiger partial charge in [-0.15, -0.1) is 0 Å². The molecule has 3 amide bonds. The lowest BCUT2D eigenvalue weighted by atomic mass is 9.98. The van der Waals surface area contributed by atoms with E-state index in [-0.39, 0.29) is 18.9 Å². The predicted molar refractivity (Wildman–Crippen MR) is 92.3 cm³/mol. The lowest BCUT2D eigenvalue weighted by Crippen LogP contribution is -2.44. The fourth-order valence-electron chi connectivity index (χ4n) is 3.89. The second-order valence-corrected chi connectivity index (χ2v) is 7.13. The first-order chi connectivity index (χ1) is 11.8. The fraction of sp³-hybridized carbons (Fsp3) is 0.526. The average molecular weight is 344 g/mol. The molecule has 6 nitrogen and oxygen atoms in total. The van der Waals surface area contributed by atoms with Gasteiger partial charge in [0.25, 0.3) is 5.91 Å². The molecule has 0 atom stereocenters. The third-order valence-corrected chi connectivity index (χ3v) is 5.06. The van der Waals surface area contributed by atoms with Gasteiger partial charge in [-0.2, -0.15) is 0 Å². The largest absolute Gasteiger partial charge is 0.426 e. The number of nitrogens with one attached hydrogen (secondary N) is 1. The van der Waals surface area contributed by atoms with Crippen molar-refractivity contribution in [1.29, 1.82) is 0 Å². The SMILES string of the molecule is Cc1cc(C)c(OC(=O)CCN2C(=O)NC3(CCCC3)C2=O)c(C)c1. The average Bonchev–Trinajstić information content (AvgIpc) is 3.08. The highest BCUT2D eigenvalue weighted by Gasteiger charge is 2.52. The van der Waals surface area contributed by atoms with Crippen molar-refractivity contribution >= 4 is 17.9 Å². The number of aryl methyl sites for hydroxylation is 3. The van der Waals surface area contributed by atoms with Crippen LogP contribution in [0.4, 0.5) is 4.79 Å². The zero-order valence-electron chi connectivity index (χ0n) is 15.0. The van der Waals surface area contributed by atoms with Crippen molar-refractivity contribution < 1.29 is 19.1 Å². The van der Waals surface area contributed by atoms with Crippen LogP contribution in [-0.2, 0) is 9.59 Å². The van der Waals surface area contributed by atoms with Gasteiger partial charge in [0.2, 0.25) is 0 Å². The fourth-order valence-corrected chi connectivity index (χ4v) is 3.89. The topological polar surface area (TPSA) is 75.7 Å². The monoisotopic (exact) mass is 344 g/mol. The molecule has 1 aliphatic heterocycles. The quantitative estimate of drug-likeness (QED) is 0.518. The number of hydrogen-bond acceptors (Lipinski definition) is 4. The summed E-state index contributed by atoms with van der Waals surface area (Å²) in [7, 11) is 0. The highest BCUT2D eigenvalue weighted by Crippen LogP contribution is 2.35. The van der Waals surface area contributed by atoms with Gasteiger partial charge in [0.1, 0.15) is 11.3 Å². The number of esters is 1. The van der Waals surface area contributed by atoms with Crippen molar-refractivity contribution in [3.05, 3.63) is 28.8 Å². The van der Waals surface area contributed by atoms with Gasteiger partial charge in [0, 0.05) is 6.54 Å². The van der Waals surface area contributed by atoms with Crippen LogP contribution in [0.15, 0.2) is 12.1 Å². The van der Waals surface area contributed by atoms with E-state index in [9.17, 15) is 14.4 Å². The Morgan fingerprint density at radius 2 is 1.76 bits per heavy atom. The van der Waals surface area contributed by atoms with Crippen molar-refractivity contribution in [1.82, 2.24) is 10.2 Å². The van der Waals surface area contributed by atoms with Crippen molar-refractivity contribution in [2.45, 2.75) is 58.4 Å². The molecular formula is C19H24N2O4. The molecule has 1 heterocycles. The molecule has 1 aliphatic carbocycles. The van der Waals surface area contributed by atoms with Gasteiger partial charge in [0.05, 0.1) is 6.42 Å². The summed E-state index contributed by atoms with van der Waals surface area (Å²) < 4.78 is 5.47. The van der Waals surface area contributed by atoms with Gasteiger partial charge in [-0.25, -0.2) is 4.79 Å². The van der Waals surface area contributed by atoms with Crippen LogP contribution in [0.3, 0.4) is 0 Å². The lowest BCUT2D eigenvalue weighted by Gasteiger charge is -2.20. The zero-order chi connectivity index (χ0) is 18.2. The summed E-state index contributed by atoms with van der Waals surface area (Å²) in [6, 6.07) is 3.51. The maximum Gasteiger partial charge on any atom is 0.325 e. The van der Waals surface area contributed by atoms with Crippen LogP contribution >= 0.6 is 0 Å². The number of nitrogens with zero attached hydrogens (tertiary/aromatic N) is 1. The lowest BCUT2D eigenvalue weighted by molar-refractivity contribution is -0.135. The molecule has 134 valence electrons. The first-order valence-corrected chi connectivity index (χ1v) is 8.75. The zero-order valence-corrected chi connectivity index (χ0v) is 15.0. The number of hydrogen-bond donors (Lipinski definition) is 1. The molecule has 0 bridgehead atoms. The number of rotatable bonds is 4. The molecule has 1 saturated heterocycles. The molecular weight excluding hydrogens is 320 g/mol. The standard InChI is InChI=1S/C19H24N2O4/c1-12-10-13(2)16(14(3)11-12)25-15(22)6-9-21-17(23)19(20-18(21)24)7-4-5-8-19/h10-11H,4-9H2,1-3H3,(H,20,24). The van der Waals surface area contributed by atoms with E-state index in [0.29, 0.717) is 18.6 Å². The number of carbonyl (C=O) groups excluding carboxylic acids is 3. The van der Waals surface area contributed by atoms with Crippen molar-refractivity contribution in [3.63, 3.8) is 0 Å². The van der Waals surface area contributed by atoms with E-state index in [1.165, 1.54) is 0 Å². The summed E-state index contributed by atoms with van der Waals surface area (Å²) >= 11 is 0. The summed E-state index contributed by atoms with van der Waals surface area (Å²) in [5.41, 5.74) is 2.16. The van der Waals surface area contributed by atoms with Gasteiger partial charge in [-0.05, 0) is 44.7 Å². The number of benzene rings is 1. The Morgan fingerprint density at radius 1 is 1.16 bits per heavy atom. The number of amides is 3. The van der Waals surface area contributed by atoms with Crippen LogP contribution in [0.25, 0.3) is 0 Å². The molecule has 3 rings (SSSR count). The van der Waals surface area contributed by atoms with Crippen molar-refractivity contribution in [2.24, 2.45) is 0 Å². The molecule has 25 heavy (non-hydrogen) atoms.